The van der Waals surface area contributed by atoms with Crippen LogP contribution in [0, 0.1) is 5.92 Å². The van der Waals surface area contributed by atoms with E-state index in [4.69, 9.17) is 5.11 Å². The summed E-state index contributed by atoms with van der Waals surface area (Å²) < 4.78 is 0. The zero-order valence-corrected chi connectivity index (χ0v) is 11.4. The Morgan fingerprint density at radius 2 is 2.20 bits per heavy atom. The molecule has 2 unspecified atom stereocenters. The first-order valence-corrected chi connectivity index (χ1v) is 6.77. The Morgan fingerprint density at radius 1 is 1.40 bits per heavy atom. The summed E-state index contributed by atoms with van der Waals surface area (Å²) in [6, 6.07) is 3.25. The third kappa shape index (κ3) is 4.22. The Hall–Kier alpha value is -2.11. The highest BCUT2D eigenvalue weighted by Gasteiger charge is 2.22. The fourth-order valence-electron chi connectivity index (χ4n) is 2.45. The first-order valence-electron chi connectivity index (χ1n) is 6.77. The summed E-state index contributed by atoms with van der Waals surface area (Å²) in [7, 11) is 0. The topological polar surface area (TPSA) is 91.3 Å². The van der Waals surface area contributed by atoms with Gasteiger partial charge in [-0.2, -0.15) is 0 Å². The van der Waals surface area contributed by atoms with E-state index in [1.54, 1.807) is 12.1 Å². The molecule has 6 heteroatoms. The summed E-state index contributed by atoms with van der Waals surface area (Å²) in [4.78, 5) is 26.3. The maximum Gasteiger partial charge on any atom is 0.319 e. The standard InChI is InChI=1S/C14H19N3O3/c1-9-2-3-11(6-9)16-14(20)17-12-5-4-10(15-8-12)7-13(18)19/h4-5,8-9,11H,2-3,6-7H2,1H3,(H,18,19)(H2,16,17,20). The number of carboxylic acids is 1. The van der Waals surface area contributed by atoms with Gasteiger partial charge in [0.2, 0.25) is 0 Å². The Bertz CT molecular complexity index is 487. The summed E-state index contributed by atoms with van der Waals surface area (Å²) in [6.45, 7) is 2.19. The van der Waals surface area contributed by atoms with E-state index in [0.29, 0.717) is 17.3 Å². The van der Waals surface area contributed by atoms with Crippen LogP contribution in [0.3, 0.4) is 0 Å². The molecule has 1 saturated carbocycles. The van der Waals surface area contributed by atoms with Crippen molar-refractivity contribution in [2.24, 2.45) is 5.92 Å². The van der Waals surface area contributed by atoms with Crippen LogP contribution in [-0.2, 0) is 11.2 Å². The van der Waals surface area contributed by atoms with Gasteiger partial charge in [-0.15, -0.1) is 0 Å². The van der Waals surface area contributed by atoms with Crippen molar-refractivity contribution in [3.8, 4) is 0 Å². The molecule has 1 aromatic rings. The Kier molecular flexibility index (Phi) is 4.55. The number of carbonyl (C=O) groups excluding carboxylic acids is 1. The second-order valence-corrected chi connectivity index (χ2v) is 5.32. The molecule has 1 aliphatic rings. The predicted octanol–water partition coefficient (Wildman–Crippen LogP) is 2.02. The Balaban J connectivity index is 1.83. The van der Waals surface area contributed by atoms with Crippen LogP contribution in [-0.4, -0.2) is 28.1 Å². The fraction of sp³-hybridized carbons (Fsp3) is 0.500. The average Bonchev–Trinajstić information content (AvgIpc) is 2.76. The summed E-state index contributed by atoms with van der Waals surface area (Å²) in [6.07, 6.45) is 4.53. The number of aliphatic carboxylic acids is 1. The van der Waals surface area contributed by atoms with Gasteiger partial charge in [-0.3, -0.25) is 9.78 Å². The second-order valence-electron chi connectivity index (χ2n) is 5.32. The highest BCUT2D eigenvalue weighted by Crippen LogP contribution is 2.24. The molecule has 2 atom stereocenters. The normalized spacial score (nSPS) is 21.4. The van der Waals surface area contributed by atoms with Gasteiger partial charge in [-0.1, -0.05) is 6.92 Å². The van der Waals surface area contributed by atoms with E-state index in [1.165, 1.54) is 6.20 Å². The SMILES string of the molecule is CC1CCC(NC(=O)Nc2ccc(CC(=O)O)nc2)C1. The molecule has 2 amide bonds. The van der Waals surface area contributed by atoms with Crippen molar-refractivity contribution < 1.29 is 14.7 Å². The van der Waals surface area contributed by atoms with Crippen molar-refractivity contribution in [3.05, 3.63) is 24.0 Å². The maximum absolute atomic E-state index is 11.8. The van der Waals surface area contributed by atoms with Crippen molar-refractivity contribution in [2.75, 3.05) is 5.32 Å². The van der Waals surface area contributed by atoms with Crippen molar-refractivity contribution in [1.82, 2.24) is 10.3 Å². The smallest absolute Gasteiger partial charge is 0.319 e. The van der Waals surface area contributed by atoms with E-state index in [0.717, 1.165) is 19.3 Å². The summed E-state index contributed by atoms with van der Waals surface area (Å²) in [5.74, 6) is -0.261. The molecule has 2 rings (SSSR count). The quantitative estimate of drug-likeness (QED) is 0.785. The Labute approximate surface area is 117 Å². The van der Waals surface area contributed by atoms with E-state index in [1.807, 2.05) is 0 Å². The van der Waals surface area contributed by atoms with Crippen molar-refractivity contribution in [2.45, 2.75) is 38.6 Å². The van der Waals surface area contributed by atoms with Gasteiger partial charge in [-0.05, 0) is 37.3 Å². The lowest BCUT2D eigenvalue weighted by molar-refractivity contribution is -0.136. The molecule has 0 radical (unpaired) electrons. The predicted molar refractivity (Wildman–Crippen MR) is 74.5 cm³/mol. The largest absolute Gasteiger partial charge is 0.481 e. The molecule has 0 spiro atoms. The molecular weight excluding hydrogens is 258 g/mol. The lowest BCUT2D eigenvalue weighted by Crippen LogP contribution is -2.36. The lowest BCUT2D eigenvalue weighted by atomic mass is 10.1. The molecule has 108 valence electrons. The minimum atomic E-state index is -0.925. The number of hydrogen-bond donors (Lipinski definition) is 3. The summed E-state index contributed by atoms with van der Waals surface area (Å²) in [5, 5.41) is 14.3. The number of nitrogens with one attached hydrogen (secondary N) is 2. The zero-order valence-electron chi connectivity index (χ0n) is 11.4. The molecule has 3 N–H and O–H groups in total. The zero-order chi connectivity index (χ0) is 14.5. The number of hydrogen-bond acceptors (Lipinski definition) is 3. The lowest BCUT2D eigenvalue weighted by Gasteiger charge is -2.13. The molecule has 1 heterocycles. The third-order valence-electron chi connectivity index (χ3n) is 3.44. The first-order chi connectivity index (χ1) is 9.52. The van der Waals surface area contributed by atoms with Gasteiger partial charge in [0.05, 0.1) is 24.0 Å². The van der Waals surface area contributed by atoms with E-state index in [2.05, 4.69) is 22.5 Å². The monoisotopic (exact) mass is 277 g/mol. The van der Waals surface area contributed by atoms with Crippen LogP contribution in [0.1, 0.15) is 31.9 Å². The molecule has 0 bridgehead atoms. The number of aromatic nitrogens is 1. The van der Waals surface area contributed by atoms with Crippen molar-refractivity contribution in [1.29, 1.82) is 0 Å². The van der Waals surface area contributed by atoms with Crippen LogP contribution in [0.25, 0.3) is 0 Å². The van der Waals surface area contributed by atoms with Gasteiger partial charge in [0.25, 0.3) is 0 Å². The summed E-state index contributed by atoms with van der Waals surface area (Å²) in [5.41, 5.74) is 1.02. The van der Waals surface area contributed by atoms with Crippen molar-refractivity contribution in [3.63, 3.8) is 0 Å². The minimum absolute atomic E-state index is 0.119. The molecule has 1 fully saturated rings. The number of anilines is 1. The number of rotatable bonds is 4. The van der Waals surface area contributed by atoms with Gasteiger partial charge < -0.3 is 15.7 Å². The molecule has 0 aliphatic heterocycles. The van der Waals surface area contributed by atoms with Gasteiger partial charge in [0.15, 0.2) is 0 Å². The van der Waals surface area contributed by atoms with Gasteiger partial charge in [0, 0.05) is 6.04 Å². The number of amides is 2. The molecular formula is C14H19N3O3. The number of nitrogens with zero attached hydrogens (tertiary/aromatic N) is 1. The van der Waals surface area contributed by atoms with Crippen LogP contribution in [0.15, 0.2) is 18.3 Å². The summed E-state index contributed by atoms with van der Waals surface area (Å²) >= 11 is 0. The van der Waals surface area contributed by atoms with Crippen molar-refractivity contribution >= 4 is 17.7 Å². The fourth-order valence-corrected chi connectivity index (χ4v) is 2.45. The molecule has 6 nitrogen and oxygen atoms in total. The number of carbonyl (C=O) groups is 2. The minimum Gasteiger partial charge on any atom is -0.481 e. The van der Waals surface area contributed by atoms with E-state index in [9.17, 15) is 9.59 Å². The third-order valence-corrected chi connectivity index (χ3v) is 3.44. The van der Waals surface area contributed by atoms with Crippen LogP contribution >= 0.6 is 0 Å². The maximum atomic E-state index is 11.8. The van der Waals surface area contributed by atoms with E-state index < -0.39 is 5.97 Å². The first kappa shape index (κ1) is 14.3. The highest BCUT2D eigenvalue weighted by molar-refractivity contribution is 5.89. The van der Waals surface area contributed by atoms with Crippen LogP contribution in [0.2, 0.25) is 0 Å². The number of urea groups is 1. The van der Waals surface area contributed by atoms with Gasteiger partial charge >= 0.3 is 12.0 Å². The molecule has 0 saturated heterocycles. The molecule has 1 aliphatic carbocycles. The highest BCUT2D eigenvalue weighted by atomic mass is 16.4. The van der Waals surface area contributed by atoms with E-state index in [-0.39, 0.29) is 18.5 Å². The van der Waals surface area contributed by atoms with Crippen LogP contribution < -0.4 is 10.6 Å². The van der Waals surface area contributed by atoms with Crippen LogP contribution in [0.4, 0.5) is 10.5 Å². The molecule has 0 aromatic carbocycles. The molecule has 20 heavy (non-hydrogen) atoms. The van der Waals surface area contributed by atoms with Gasteiger partial charge in [0.1, 0.15) is 0 Å². The second kappa shape index (κ2) is 6.36. The van der Waals surface area contributed by atoms with E-state index >= 15 is 0 Å². The number of carboxylic acid groups (broad SMARTS) is 1. The molecule has 1 aromatic heterocycles. The Morgan fingerprint density at radius 3 is 2.75 bits per heavy atom. The van der Waals surface area contributed by atoms with Gasteiger partial charge in [-0.25, -0.2) is 4.79 Å². The average molecular weight is 277 g/mol. The number of pyridine rings is 1. The van der Waals surface area contributed by atoms with Crippen LogP contribution in [0.5, 0.6) is 0 Å².